The summed E-state index contributed by atoms with van der Waals surface area (Å²) in [5.41, 5.74) is 9.20. The van der Waals surface area contributed by atoms with Crippen LogP contribution in [0.1, 0.15) is 36.4 Å². The summed E-state index contributed by atoms with van der Waals surface area (Å²) in [4.78, 5) is 0. The van der Waals surface area contributed by atoms with Gasteiger partial charge in [-0.15, -0.1) is 0 Å². The molecule has 6 heteroatoms. The summed E-state index contributed by atoms with van der Waals surface area (Å²) in [5, 5.41) is 2.11. The van der Waals surface area contributed by atoms with Crippen molar-refractivity contribution < 1.29 is 13.2 Å². The summed E-state index contributed by atoms with van der Waals surface area (Å²) in [6.07, 6.45) is -0.794. The van der Waals surface area contributed by atoms with Crippen LogP contribution < -0.4 is 11.2 Å². The number of nitrogens with zero attached hydrogens (tertiary/aromatic N) is 1. The second-order valence-electron chi connectivity index (χ2n) is 5.08. The Labute approximate surface area is 116 Å². The number of nitrogens with two attached hydrogens (primary N) is 1. The number of halogens is 3. The summed E-state index contributed by atoms with van der Waals surface area (Å²) >= 11 is 0. The van der Waals surface area contributed by atoms with Crippen LogP contribution in [0.4, 0.5) is 13.2 Å². The predicted octanol–water partition coefficient (Wildman–Crippen LogP) is 2.70. The Morgan fingerprint density at radius 2 is 1.70 bits per heavy atom. The molecule has 0 radical (unpaired) electrons. The zero-order chi connectivity index (χ0) is 14.6. The van der Waals surface area contributed by atoms with E-state index in [9.17, 15) is 13.2 Å². The van der Waals surface area contributed by atoms with Gasteiger partial charge in [-0.1, -0.05) is 18.6 Å². The Morgan fingerprint density at radius 3 is 2.20 bits per heavy atom. The average molecular weight is 287 g/mol. The summed E-state index contributed by atoms with van der Waals surface area (Å²) in [6, 6.07) is 5.07. The van der Waals surface area contributed by atoms with Crippen molar-refractivity contribution in [2.75, 3.05) is 19.6 Å². The Balaban J connectivity index is 2.03. The standard InChI is InChI=1S/C14H20F3N3/c15-14(16,17)12-6-4-11(5-7-12)13(10-18)19-20-8-2-1-3-9-20/h4-7,13,19H,1-3,8-10,18H2. The Morgan fingerprint density at radius 1 is 1.10 bits per heavy atom. The fraction of sp³-hybridized carbons (Fsp3) is 0.571. The van der Waals surface area contributed by atoms with Crippen molar-refractivity contribution in [3.8, 4) is 0 Å². The fourth-order valence-corrected chi connectivity index (χ4v) is 2.41. The number of nitrogens with one attached hydrogen (secondary N) is 1. The normalized spacial score (nSPS) is 19.0. The van der Waals surface area contributed by atoms with E-state index in [4.69, 9.17) is 5.73 Å². The van der Waals surface area contributed by atoms with Crippen molar-refractivity contribution >= 4 is 0 Å². The minimum absolute atomic E-state index is 0.143. The first-order chi connectivity index (χ1) is 9.50. The minimum Gasteiger partial charge on any atom is -0.329 e. The highest BCUT2D eigenvalue weighted by Gasteiger charge is 2.30. The zero-order valence-electron chi connectivity index (χ0n) is 11.3. The topological polar surface area (TPSA) is 41.3 Å². The Kier molecular flexibility index (Phi) is 5.01. The SMILES string of the molecule is NCC(NN1CCCCC1)c1ccc(C(F)(F)F)cc1. The molecule has 1 aliphatic rings. The Bertz CT molecular complexity index is 411. The summed E-state index contributed by atoms with van der Waals surface area (Å²) in [6.45, 7) is 2.26. The van der Waals surface area contributed by atoms with E-state index in [1.165, 1.54) is 18.6 Å². The third kappa shape index (κ3) is 3.94. The molecule has 1 aromatic carbocycles. The maximum atomic E-state index is 12.5. The summed E-state index contributed by atoms with van der Waals surface area (Å²) in [5.74, 6) is 0. The number of alkyl halides is 3. The number of benzene rings is 1. The highest BCUT2D eigenvalue weighted by atomic mass is 19.4. The van der Waals surface area contributed by atoms with Gasteiger partial charge in [-0.25, -0.2) is 10.4 Å². The lowest BCUT2D eigenvalue weighted by Crippen LogP contribution is -2.45. The van der Waals surface area contributed by atoms with Crippen LogP contribution in [0.15, 0.2) is 24.3 Å². The molecule has 0 saturated carbocycles. The van der Waals surface area contributed by atoms with Crippen LogP contribution in [0.25, 0.3) is 0 Å². The number of piperidine rings is 1. The van der Waals surface area contributed by atoms with E-state index in [0.29, 0.717) is 6.54 Å². The van der Waals surface area contributed by atoms with Crippen LogP contribution in [0.5, 0.6) is 0 Å². The van der Waals surface area contributed by atoms with Crippen LogP contribution >= 0.6 is 0 Å². The zero-order valence-corrected chi connectivity index (χ0v) is 11.3. The highest BCUT2D eigenvalue weighted by molar-refractivity contribution is 5.27. The van der Waals surface area contributed by atoms with E-state index in [1.807, 2.05) is 0 Å². The van der Waals surface area contributed by atoms with Crippen LogP contribution in [0.3, 0.4) is 0 Å². The van der Waals surface area contributed by atoms with Gasteiger partial charge in [-0.05, 0) is 30.5 Å². The molecule has 1 heterocycles. The van der Waals surface area contributed by atoms with Crippen molar-refractivity contribution in [2.45, 2.75) is 31.5 Å². The largest absolute Gasteiger partial charge is 0.416 e. The molecule has 2 rings (SSSR count). The number of hydrogen-bond donors (Lipinski definition) is 2. The van der Waals surface area contributed by atoms with Gasteiger partial charge >= 0.3 is 6.18 Å². The van der Waals surface area contributed by atoms with Crippen LogP contribution in [-0.2, 0) is 6.18 Å². The molecule has 1 aliphatic heterocycles. The smallest absolute Gasteiger partial charge is 0.329 e. The lowest BCUT2D eigenvalue weighted by molar-refractivity contribution is -0.137. The van der Waals surface area contributed by atoms with Crippen molar-refractivity contribution in [1.82, 2.24) is 10.4 Å². The number of hydrazine groups is 1. The molecule has 3 nitrogen and oxygen atoms in total. The molecule has 0 aromatic heterocycles. The molecule has 1 aromatic rings. The maximum Gasteiger partial charge on any atom is 0.416 e. The second kappa shape index (κ2) is 6.56. The van der Waals surface area contributed by atoms with Crippen molar-refractivity contribution in [1.29, 1.82) is 0 Å². The third-order valence-corrected chi connectivity index (χ3v) is 3.57. The summed E-state index contributed by atoms with van der Waals surface area (Å²) in [7, 11) is 0. The summed E-state index contributed by atoms with van der Waals surface area (Å²) < 4.78 is 37.6. The number of rotatable bonds is 4. The lowest BCUT2D eigenvalue weighted by Gasteiger charge is -2.31. The van der Waals surface area contributed by atoms with E-state index in [2.05, 4.69) is 10.4 Å². The molecule has 0 bridgehead atoms. The monoisotopic (exact) mass is 287 g/mol. The van der Waals surface area contributed by atoms with Gasteiger partial charge in [0.2, 0.25) is 0 Å². The van der Waals surface area contributed by atoms with Gasteiger partial charge in [-0.2, -0.15) is 13.2 Å². The van der Waals surface area contributed by atoms with Crippen LogP contribution in [0.2, 0.25) is 0 Å². The molecule has 1 saturated heterocycles. The highest BCUT2D eigenvalue weighted by Crippen LogP contribution is 2.29. The molecular weight excluding hydrogens is 267 g/mol. The quantitative estimate of drug-likeness (QED) is 0.894. The minimum atomic E-state index is -4.29. The molecule has 1 atom stereocenters. The lowest BCUT2D eigenvalue weighted by atomic mass is 10.0. The third-order valence-electron chi connectivity index (χ3n) is 3.57. The van der Waals surface area contributed by atoms with E-state index in [1.54, 1.807) is 0 Å². The van der Waals surface area contributed by atoms with Gasteiger partial charge in [0.15, 0.2) is 0 Å². The predicted molar refractivity (Wildman–Crippen MR) is 71.8 cm³/mol. The molecule has 0 aliphatic carbocycles. The first-order valence-corrected chi connectivity index (χ1v) is 6.89. The first-order valence-electron chi connectivity index (χ1n) is 6.89. The molecular formula is C14H20F3N3. The van der Waals surface area contributed by atoms with Crippen LogP contribution in [-0.4, -0.2) is 24.6 Å². The van der Waals surface area contributed by atoms with Crippen LogP contribution in [0, 0.1) is 0 Å². The first kappa shape index (κ1) is 15.3. The van der Waals surface area contributed by atoms with Gasteiger partial charge in [0, 0.05) is 19.6 Å². The van der Waals surface area contributed by atoms with Crippen molar-refractivity contribution in [3.63, 3.8) is 0 Å². The van der Waals surface area contributed by atoms with E-state index < -0.39 is 11.7 Å². The molecule has 1 unspecified atom stereocenters. The van der Waals surface area contributed by atoms with Gasteiger partial charge in [-0.3, -0.25) is 0 Å². The van der Waals surface area contributed by atoms with E-state index in [-0.39, 0.29) is 6.04 Å². The molecule has 112 valence electrons. The Hall–Kier alpha value is -1.11. The molecule has 0 amide bonds. The van der Waals surface area contributed by atoms with E-state index in [0.717, 1.165) is 43.6 Å². The van der Waals surface area contributed by atoms with Gasteiger partial charge in [0.25, 0.3) is 0 Å². The molecule has 0 spiro atoms. The van der Waals surface area contributed by atoms with E-state index >= 15 is 0 Å². The van der Waals surface area contributed by atoms with Crippen molar-refractivity contribution in [2.24, 2.45) is 5.73 Å². The maximum absolute atomic E-state index is 12.5. The fourth-order valence-electron chi connectivity index (χ4n) is 2.41. The second-order valence-corrected chi connectivity index (χ2v) is 5.08. The van der Waals surface area contributed by atoms with Crippen molar-refractivity contribution in [3.05, 3.63) is 35.4 Å². The molecule has 20 heavy (non-hydrogen) atoms. The molecule has 3 N–H and O–H groups in total. The number of hydrogen-bond acceptors (Lipinski definition) is 3. The van der Waals surface area contributed by atoms with Gasteiger partial charge < -0.3 is 5.73 Å². The van der Waals surface area contributed by atoms with Gasteiger partial charge in [0.1, 0.15) is 0 Å². The molecule has 1 fully saturated rings. The van der Waals surface area contributed by atoms with Gasteiger partial charge in [0.05, 0.1) is 11.6 Å². The average Bonchev–Trinajstić information content (AvgIpc) is 2.45.